The van der Waals surface area contributed by atoms with Crippen LogP contribution in [0.4, 0.5) is 0 Å². The van der Waals surface area contributed by atoms with Gasteiger partial charge in [0.1, 0.15) is 0 Å². The molecule has 0 aromatic carbocycles. The first-order valence-electron chi connectivity index (χ1n) is 2.63. The third-order valence-electron chi connectivity index (χ3n) is 0.478. The van der Waals surface area contributed by atoms with Crippen LogP contribution in [0.2, 0.25) is 0 Å². The topological polar surface area (TPSA) is 94.6 Å². The summed E-state index contributed by atoms with van der Waals surface area (Å²) in [6.07, 6.45) is 6.56. The van der Waals surface area contributed by atoms with E-state index in [1.165, 1.54) is 0 Å². The number of hydrogen-bond acceptors (Lipinski definition) is 3. The van der Waals surface area contributed by atoms with Crippen molar-refractivity contribution in [3.8, 4) is 0 Å². The van der Waals surface area contributed by atoms with E-state index in [1.54, 1.807) is 24.8 Å². The largest absolute Gasteiger partial charge is 2.00 e. The second-order valence-corrected chi connectivity index (χ2v) is 1.41. The fraction of sp³-hybridized carbons (Fsp3) is 0.167. The van der Waals surface area contributed by atoms with Crippen LogP contribution in [0.1, 0.15) is 9.78 Å². The van der Waals surface area contributed by atoms with Crippen molar-refractivity contribution >= 4 is 29.0 Å². The van der Waals surface area contributed by atoms with Crippen molar-refractivity contribution in [2.45, 2.75) is 6.92 Å². The first-order chi connectivity index (χ1) is 4.73. The minimum Gasteiger partial charge on any atom is -1.00 e. The van der Waals surface area contributed by atoms with E-state index in [4.69, 9.17) is 9.90 Å². The number of aromatic nitrogens is 2. The monoisotopic (exact) mass is 184 g/mol. The Labute approximate surface area is 89.3 Å². The van der Waals surface area contributed by atoms with Gasteiger partial charge in [-0.25, -0.2) is 0 Å². The van der Waals surface area contributed by atoms with Gasteiger partial charge in [0.05, 0.1) is 0 Å². The molecule has 6 heteroatoms. The molecule has 0 aliphatic rings. The fourth-order valence-corrected chi connectivity index (χ4v) is 0.253. The molecule has 0 fully saturated rings. The number of aliphatic carboxylic acids is 1. The van der Waals surface area contributed by atoms with E-state index >= 15 is 0 Å². The normalized spacial score (nSPS) is 6.08. The van der Waals surface area contributed by atoms with Crippen molar-refractivity contribution < 1.29 is 18.2 Å². The Bertz CT molecular complexity index is 161. The number of carboxylic acids is 1. The maximum Gasteiger partial charge on any atom is 2.00 e. The molecule has 0 aliphatic carbocycles. The molecule has 1 aromatic rings. The molecular weight excluding hydrogens is 172 g/mol. The quantitative estimate of drug-likeness (QED) is 0.555. The van der Waals surface area contributed by atoms with Gasteiger partial charge in [0.2, 0.25) is 0 Å². The minimum absolute atomic E-state index is 0. The number of rotatable bonds is 0. The van der Waals surface area contributed by atoms with Gasteiger partial charge in [-0.3, -0.25) is 14.8 Å². The summed E-state index contributed by atoms with van der Waals surface area (Å²) in [5.74, 6) is -0.833. The number of nitrogens with zero attached hydrogens (tertiary/aromatic N) is 2. The van der Waals surface area contributed by atoms with E-state index in [2.05, 4.69) is 9.97 Å². The van der Waals surface area contributed by atoms with Crippen molar-refractivity contribution in [3.63, 3.8) is 0 Å². The fourth-order valence-electron chi connectivity index (χ4n) is 0.253. The van der Waals surface area contributed by atoms with Crippen LogP contribution >= 0.6 is 0 Å². The summed E-state index contributed by atoms with van der Waals surface area (Å²) in [5.41, 5.74) is 0. The average molecular weight is 184 g/mol. The van der Waals surface area contributed by atoms with Gasteiger partial charge in [0.25, 0.3) is 5.97 Å². The van der Waals surface area contributed by atoms with E-state index in [1.807, 2.05) is 0 Å². The van der Waals surface area contributed by atoms with Crippen LogP contribution in [0.15, 0.2) is 24.8 Å². The summed E-state index contributed by atoms with van der Waals surface area (Å²) >= 11 is 0. The van der Waals surface area contributed by atoms with Crippen LogP contribution in [-0.4, -0.2) is 49.6 Å². The minimum atomic E-state index is -0.833. The molecule has 0 saturated carbocycles. The molecule has 0 unspecified atom stereocenters. The molecule has 1 aromatic heterocycles. The van der Waals surface area contributed by atoms with E-state index in [9.17, 15) is 0 Å². The van der Waals surface area contributed by atoms with E-state index in [0.717, 1.165) is 6.92 Å². The molecule has 0 aliphatic heterocycles. The molecule has 0 spiro atoms. The Hall–Kier alpha value is -0.724. The van der Waals surface area contributed by atoms with E-state index in [0.29, 0.717) is 0 Å². The number of hydrogen-bond donors (Lipinski definition) is 1. The summed E-state index contributed by atoms with van der Waals surface area (Å²) in [7, 11) is 0. The first kappa shape index (κ1) is 17.4. The van der Waals surface area contributed by atoms with Crippen molar-refractivity contribution in [2.75, 3.05) is 0 Å². The second-order valence-electron chi connectivity index (χ2n) is 1.41. The molecule has 0 atom stereocenters. The van der Waals surface area contributed by atoms with Gasteiger partial charge < -0.3 is 13.4 Å². The van der Waals surface area contributed by atoms with Crippen molar-refractivity contribution in [1.29, 1.82) is 0 Å². The summed E-state index contributed by atoms with van der Waals surface area (Å²) in [5, 5.41) is 7.42. The molecule has 66 valence electrons. The Morgan fingerprint density at radius 1 is 1.25 bits per heavy atom. The Morgan fingerprint density at radius 3 is 1.50 bits per heavy atom. The number of carboxylic acid groups (broad SMARTS) is 1. The van der Waals surface area contributed by atoms with Gasteiger partial charge >= 0.3 is 23.1 Å². The Morgan fingerprint density at radius 2 is 1.42 bits per heavy atom. The van der Waals surface area contributed by atoms with Gasteiger partial charge in [-0.1, -0.05) is 0 Å². The Kier molecular flexibility index (Phi) is 18.7. The maximum absolute atomic E-state index is 9.00. The molecule has 0 bridgehead atoms. The van der Waals surface area contributed by atoms with Crippen LogP contribution in [0.5, 0.6) is 0 Å². The first-order valence-corrected chi connectivity index (χ1v) is 2.63. The third kappa shape index (κ3) is 22.8. The third-order valence-corrected chi connectivity index (χ3v) is 0.478. The standard InChI is InChI=1S/C4H4N2.C2H4O2.Mg.H2O.2H/c1-2-6-4-3-5-1;1-2(3)4;;;;/h1-4H;1H3,(H,3,4);;1H2;;/q;;+2;;2*-1. The summed E-state index contributed by atoms with van der Waals surface area (Å²) < 4.78 is 0. The van der Waals surface area contributed by atoms with E-state index in [-0.39, 0.29) is 31.4 Å². The van der Waals surface area contributed by atoms with Gasteiger partial charge in [-0.2, -0.15) is 0 Å². The molecular formula is C6H12MgN2O3. The van der Waals surface area contributed by atoms with Crippen molar-refractivity contribution in [3.05, 3.63) is 24.8 Å². The summed E-state index contributed by atoms with van der Waals surface area (Å²) in [4.78, 5) is 16.4. The molecule has 5 nitrogen and oxygen atoms in total. The molecule has 0 amide bonds. The molecule has 0 saturated heterocycles. The molecule has 3 N–H and O–H groups in total. The zero-order chi connectivity index (χ0) is 7.82. The Balaban J connectivity index is -0.0000000315. The molecule has 12 heavy (non-hydrogen) atoms. The second kappa shape index (κ2) is 12.9. The molecule has 1 rings (SSSR count). The summed E-state index contributed by atoms with van der Waals surface area (Å²) in [6, 6.07) is 0. The SMILES string of the molecule is CC(=O)O.O.[H-].[H-].[Mg+2].c1cnccn1. The maximum atomic E-state index is 9.00. The molecule has 0 radical (unpaired) electrons. The zero-order valence-electron chi connectivity index (χ0n) is 8.77. The van der Waals surface area contributed by atoms with E-state index < -0.39 is 5.97 Å². The van der Waals surface area contributed by atoms with Crippen LogP contribution < -0.4 is 0 Å². The van der Waals surface area contributed by atoms with Crippen molar-refractivity contribution in [2.24, 2.45) is 0 Å². The van der Waals surface area contributed by atoms with Crippen molar-refractivity contribution in [1.82, 2.24) is 9.97 Å². The number of carbonyl (C=O) groups is 1. The predicted octanol–water partition coefficient (Wildman–Crippen LogP) is -0.413. The predicted molar refractivity (Wildman–Crippen MR) is 46.9 cm³/mol. The summed E-state index contributed by atoms with van der Waals surface area (Å²) in [6.45, 7) is 1.08. The average Bonchev–Trinajstić information content (AvgIpc) is 1.90. The van der Waals surface area contributed by atoms with Crippen LogP contribution in [0, 0.1) is 0 Å². The van der Waals surface area contributed by atoms with Gasteiger partial charge in [-0.15, -0.1) is 0 Å². The van der Waals surface area contributed by atoms with Gasteiger partial charge in [0, 0.05) is 31.7 Å². The van der Waals surface area contributed by atoms with Crippen LogP contribution in [0.25, 0.3) is 0 Å². The van der Waals surface area contributed by atoms with Crippen LogP contribution in [-0.2, 0) is 4.79 Å². The molecule has 1 heterocycles. The zero-order valence-corrected chi connectivity index (χ0v) is 8.18. The van der Waals surface area contributed by atoms with Gasteiger partial charge in [0.15, 0.2) is 0 Å². The smallest absolute Gasteiger partial charge is 1.00 e. The van der Waals surface area contributed by atoms with Crippen LogP contribution in [0.3, 0.4) is 0 Å². The van der Waals surface area contributed by atoms with Gasteiger partial charge in [-0.05, 0) is 0 Å².